The van der Waals surface area contributed by atoms with Crippen LogP contribution in [0.15, 0.2) is 0 Å². The Labute approximate surface area is 108 Å². The molecule has 2 amide bonds. The van der Waals surface area contributed by atoms with Crippen LogP contribution in [0.2, 0.25) is 0 Å². The molecule has 1 rings (SSSR count). The third-order valence-corrected chi connectivity index (χ3v) is 3.34. The molecule has 1 atom stereocenters. The minimum absolute atomic E-state index is 0.271. The maximum absolute atomic E-state index is 11.9. The summed E-state index contributed by atoms with van der Waals surface area (Å²) in [6, 6.07) is -0.578. The SMILES string of the molecule is CCC(NC(=O)N1CCN(C(C)C)CC1)C(=O)O. The van der Waals surface area contributed by atoms with Crippen LogP contribution in [-0.4, -0.2) is 65.2 Å². The van der Waals surface area contributed by atoms with Crippen molar-refractivity contribution in [2.24, 2.45) is 0 Å². The molecule has 1 fully saturated rings. The summed E-state index contributed by atoms with van der Waals surface area (Å²) in [4.78, 5) is 26.7. The molecule has 18 heavy (non-hydrogen) atoms. The van der Waals surface area contributed by atoms with Gasteiger partial charge in [-0.1, -0.05) is 6.92 Å². The van der Waals surface area contributed by atoms with E-state index in [1.807, 2.05) is 0 Å². The van der Waals surface area contributed by atoms with Crippen molar-refractivity contribution in [3.05, 3.63) is 0 Å². The van der Waals surface area contributed by atoms with Gasteiger partial charge in [0.15, 0.2) is 0 Å². The second kappa shape index (κ2) is 6.58. The lowest BCUT2D eigenvalue weighted by molar-refractivity contribution is -0.139. The molecular formula is C12H23N3O3. The second-order valence-electron chi connectivity index (χ2n) is 4.87. The first-order valence-corrected chi connectivity index (χ1v) is 6.48. The molecule has 0 aliphatic carbocycles. The molecule has 1 unspecified atom stereocenters. The number of rotatable bonds is 4. The molecule has 2 N–H and O–H groups in total. The Morgan fingerprint density at radius 3 is 2.17 bits per heavy atom. The number of carboxylic acid groups (broad SMARTS) is 1. The molecular weight excluding hydrogens is 234 g/mol. The van der Waals surface area contributed by atoms with E-state index < -0.39 is 12.0 Å². The van der Waals surface area contributed by atoms with Crippen molar-refractivity contribution >= 4 is 12.0 Å². The topological polar surface area (TPSA) is 72.9 Å². The maximum Gasteiger partial charge on any atom is 0.326 e. The van der Waals surface area contributed by atoms with E-state index in [2.05, 4.69) is 24.1 Å². The first-order chi connectivity index (χ1) is 8.45. The van der Waals surface area contributed by atoms with Gasteiger partial charge in [-0.25, -0.2) is 9.59 Å². The predicted octanol–water partition coefficient (Wildman–Crippen LogP) is 0.585. The van der Waals surface area contributed by atoms with Crippen molar-refractivity contribution in [3.63, 3.8) is 0 Å². The Bertz CT molecular complexity index is 299. The molecule has 6 nitrogen and oxygen atoms in total. The number of carbonyl (C=O) groups excluding carboxylic acids is 1. The lowest BCUT2D eigenvalue weighted by atomic mass is 10.2. The molecule has 0 aromatic rings. The molecule has 0 bridgehead atoms. The van der Waals surface area contributed by atoms with E-state index in [9.17, 15) is 9.59 Å². The van der Waals surface area contributed by atoms with Crippen molar-refractivity contribution in [2.45, 2.75) is 39.3 Å². The highest BCUT2D eigenvalue weighted by molar-refractivity contribution is 5.82. The van der Waals surface area contributed by atoms with Gasteiger partial charge in [0.25, 0.3) is 0 Å². The molecule has 0 aromatic heterocycles. The normalized spacial score (nSPS) is 18.8. The molecule has 1 heterocycles. The summed E-state index contributed by atoms with van der Waals surface area (Å²) in [7, 11) is 0. The number of nitrogens with zero attached hydrogens (tertiary/aromatic N) is 2. The Hall–Kier alpha value is -1.30. The summed E-state index contributed by atoms with van der Waals surface area (Å²) < 4.78 is 0. The van der Waals surface area contributed by atoms with E-state index >= 15 is 0 Å². The van der Waals surface area contributed by atoms with Gasteiger partial charge in [0.1, 0.15) is 6.04 Å². The number of piperazine rings is 1. The third kappa shape index (κ3) is 3.87. The quantitative estimate of drug-likeness (QED) is 0.773. The predicted molar refractivity (Wildman–Crippen MR) is 68.5 cm³/mol. The molecule has 1 aliphatic rings. The highest BCUT2D eigenvalue weighted by Crippen LogP contribution is 2.06. The van der Waals surface area contributed by atoms with Crippen LogP contribution in [0.4, 0.5) is 4.79 Å². The number of amides is 2. The maximum atomic E-state index is 11.9. The van der Waals surface area contributed by atoms with Gasteiger partial charge in [-0.15, -0.1) is 0 Å². The van der Waals surface area contributed by atoms with Crippen LogP contribution < -0.4 is 5.32 Å². The van der Waals surface area contributed by atoms with Gasteiger partial charge in [-0.05, 0) is 20.3 Å². The first kappa shape index (κ1) is 14.8. The summed E-state index contributed by atoms with van der Waals surface area (Å²) in [5.74, 6) is -0.980. The highest BCUT2D eigenvalue weighted by atomic mass is 16.4. The number of nitrogens with one attached hydrogen (secondary N) is 1. The van der Waals surface area contributed by atoms with Gasteiger partial charge >= 0.3 is 12.0 Å². The van der Waals surface area contributed by atoms with Gasteiger partial charge in [0, 0.05) is 32.2 Å². The molecule has 1 aliphatic heterocycles. The summed E-state index contributed by atoms with van der Waals surface area (Å²) in [5, 5.41) is 11.4. The van der Waals surface area contributed by atoms with Crippen LogP contribution in [0.1, 0.15) is 27.2 Å². The molecule has 0 saturated carbocycles. The number of hydrogen-bond donors (Lipinski definition) is 2. The first-order valence-electron chi connectivity index (χ1n) is 6.48. The minimum atomic E-state index is -0.980. The van der Waals surface area contributed by atoms with E-state index in [4.69, 9.17) is 5.11 Å². The zero-order valence-electron chi connectivity index (χ0n) is 11.3. The zero-order valence-corrected chi connectivity index (χ0v) is 11.3. The monoisotopic (exact) mass is 257 g/mol. The van der Waals surface area contributed by atoms with Crippen molar-refractivity contribution in [3.8, 4) is 0 Å². The fourth-order valence-electron chi connectivity index (χ4n) is 2.02. The number of aliphatic carboxylic acids is 1. The standard InChI is InChI=1S/C12H23N3O3/c1-4-10(11(16)17)13-12(18)15-7-5-14(6-8-15)9(2)3/h9-10H,4-8H2,1-3H3,(H,13,18)(H,16,17). The van der Waals surface area contributed by atoms with Crippen LogP contribution in [0.3, 0.4) is 0 Å². The Balaban J connectivity index is 2.42. The number of carbonyl (C=O) groups is 2. The van der Waals surface area contributed by atoms with E-state index in [0.717, 1.165) is 13.1 Å². The average Bonchev–Trinajstić information content (AvgIpc) is 2.35. The van der Waals surface area contributed by atoms with Gasteiger partial charge in [-0.2, -0.15) is 0 Å². The minimum Gasteiger partial charge on any atom is -0.480 e. The van der Waals surface area contributed by atoms with E-state index in [1.165, 1.54) is 0 Å². The lowest BCUT2D eigenvalue weighted by Crippen LogP contribution is -2.55. The van der Waals surface area contributed by atoms with Crippen molar-refractivity contribution < 1.29 is 14.7 Å². The Morgan fingerprint density at radius 2 is 1.78 bits per heavy atom. The molecule has 0 radical (unpaired) electrons. The summed E-state index contributed by atoms with van der Waals surface area (Å²) in [5.41, 5.74) is 0. The number of urea groups is 1. The van der Waals surface area contributed by atoms with Gasteiger partial charge in [0.2, 0.25) is 0 Å². The van der Waals surface area contributed by atoms with Crippen LogP contribution in [0.25, 0.3) is 0 Å². The van der Waals surface area contributed by atoms with Crippen molar-refractivity contribution in [2.75, 3.05) is 26.2 Å². The third-order valence-electron chi connectivity index (χ3n) is 3.34. The van der Waals surface area contributed by atoms with E-state index in [1.54, 1.807) is 11.8 Å². The molecule has 0 aromatic carbocycles. The highest BCUT2D eigenvalue weighted by Gasteiger charge is 2.25. The fraction of sp³-hybridized carbons (Fsp3) is 0.833. The van der Waals surface area contributed by atoms with Crippen LogP contribution in [0, 0.1) is 0 Å². The molecule has 104 valence electrons. The molecule has 0 spiro atoms. The fourth-order valence-corrected chi connectivity index (χ4v) is 2.02. The lowest BCUT2D eigenvalue weighted by Gasteiger charge is -2.37. The van der Waals surface area contributed by atoms with Gasteiger partial charge in [-0.3, -0.25) is 4.90 Å². The molecule has 1 saturated heterocycles. The smallest absolute Gasteiger partial charge is 0.326 e. The summed E-state index contributed by atoms with van der Waals surface area (Å²) >= 11 is 0. The van der Waals surface area contributed by atoms with Crippen LogP contribution in [-0.2, 0) is 4.79 Å². The number of hydrogen-bond acceptors (Lipinski definition) is 3. The molecule has 6 heteroatoms. The van der Waals surface area contributed by atoms with Gasteiger partial charge in [0.05, 0.1) is 0 Å². The summed E-state index contributed by atoms with van der Waals surface area (Å²) in [6.45, 7) is 9.00. The van der Waals surface area contributed by atoms with Gasteiger partial charge < -0.3 is 15.3 Å². The van der Waals surface area contributed by atoms with Crippen LogP contribution in [0.5, 0.6) is 0 Å². The van der Waals surface area contributed by atoms with E-state index in [0.29, 0.717) is 25.6 Å². The van der Waals surface area contributed by atoms with E-state index in [-0.39, 0.29) is 6.03 Å². The number of carboxylic acids is 1. The largest absolute Gasteiger partial charge is 0.480 e. The van der Waals surface area contributed by atoms with Crippen molar-refractivity contribution in [1.29, 1.82) is 0 Å². The zero-order chi connectivity index (χ0) is 13.7. The van der Waals surface area contributed by atoms with Crippen molar-refractivity contribution in [1.82, 2.24) is 15.1 Å². The summed E-state index contributed by atoms with van der Waals surface area (Å²) in [6.07, 6.45) is 0.396. The average molecular weight is 257 g/mol. The second-order valence-corrected chi connectivity index (χ2v) is 4.87. The van der Waals surface area contributed by atoms with Crippen LogP contribution >= 0.6 is 0 Å². The Kier molecular flexibility index (Phi) is 5.40. The Morgan fingerprint density at radius 1 is 1.22 bits per heavy atom.